The molecule has 0 fully saturated rings. The molecule has 0 spiro atoms. The van der Waals surface area contributed by atoms with E-state index < -0.39 is 8.05 Å². The van der Waals surface area contributed by atoms with Crippen molar-refractivity contribution in [1.82, 2.24) is 0 Å². The summed E-state index contributed by atoms with van der Waals surface area (Å²) in [5.74, 6) is 0. The smallest absolute Gasteiger partial charge is 0.110 e. The molecule has 0 amide bonds. The van der Waals surface area contributed by atoms with Crippen LogP contribution in [0.2, 0.25) is 0 Å². The van der Waals surface area contributed by atoms with Crippen molar-refractivity contribution in [3.63, 3.8) is 0 Å². The third-order valence-corrected chi connectivity index (χ3v) is 1.15. The second-order valence-electron chi connectivity index (χ2n) is 1.13. The quantitative estimate of drug-likeness (QED) is 0.632. The molecule has 0 aromatic carbocycles. The number of rotatable bonds is 1. The minimum atomic E-state index is -1.47. The van der Waals surface area contributed by atoms with Crippen LogP contribution in [0.25, 0.3) is 0 Å². The highest BCUT2D eigenvalue weighted by Crippen LogP contribution is 2.34. The maximum absolute atomic E-state index is 7.02. The van der Waals surface area contributed by atoms with Gasteiger partial charge in [-0.1, -0.05) is 50.7 Å². The molecule has 0 aliphatic rings. The van der Waals surface area contributed by atoms with Gasteiger partial charge in [0.25, 0.3) is 0 Å². The summed E-state index contributed by atoms with van der Waals surface area (Å²) in [7, 11) is 0. The van der Waals surface area contributed by atoms with Gasteiger partial charge in [0.2, 0.25) is 0 Å². The van der Waals surface area contributed by atoms with E-state index in [9.17, 15) is 0 Å². The zero-order valence-corrected chi connectivity index (χ0v) is 8.21. The third kappa shape index (κ3) is 7.64. The van der Waals surface area contributed by atoms with Gasteiger partial charge in [-0.25, -0.2) is 0 Å². The van der Waals surface area contributed by atoms with Crippen LogP contribution in [0.5, 0.6) is 0 Å². The molecule has 0 nitrogen and oxygen atoms in total. The first-order valence-corrected chi connectivity index (χ1v) is 3.96. The van der Waals surface area contributed by atoms with Gasteiger partial charge in [-0.15, -0.1) is 11.6 Å². The maximum atomic E-state index is 7.02. The SMILES string of the molecule is [2H]C(Cl)(Br)CC(Cl)(Cl)Cl. The van der Waals surface area contributed by atoms with E-state index in [1.807, 2.05) is 0 Å². The molecule has 0 aromatic rings. The van der Waals surface area contributed by atoms with E-state index in [4.69, 9.17) is 47.8 Å². The Hall–Kier alpha value is 1.64. The van der Waals surface area contributed by atoms with E-state index in [-0.39, 0.29) is 6.42 Å². The summed E-state index contributed by atoms with van der Waals surface area (Å²) in [5.41, 5.74) is 0. The predicted molar refractivity (Wildman–Crippen MR) is 43.5 cm³/mol. The summed E-state index contributed by atoms with van der Waals surface area (Å²) in [4.78, 5) is 0. The second-order valence-corrected chi connectivity index (χ2v) is 5.52. The van der Waals surface area contributed by atoms with Gasteiger partial charge in [0.15, 0.2) is 3.79 Å². The van der Waals surface area contributed by atoms with Crippen LogP contribution in [0.1, 0.15) is 7.79 Å². The molecule has 8 heavy (non-hydrogen) atoms. The number of alkyl halides is 5. The van der Waals surface area contributed by atoms with Crippen LogP contribution in [0, 0.1) is 0 Å². The first-order valence-electron chi connectivity index (χ1n) is 2.15. The maximum Gasteiger partial charge on any atom is 0.192 e. The highest BCUT2D eigenvalue weighted by Gasteiger charge is 2.22. The minimum absolute atomic E-state index is 0.0633. The summed E-state index contributed by atoms with van der Waals surface area (Å²) in [6, 6.07) is 0. The number of hydrogen-bond acceptors (Lipinski definition) is 0. The van der Waals surface area contributed by atoms with Crippen LogP contribution in [-0.4, -0.2) is 8.05 Å². The lowest BCUT2D eigenvalue weighted by molar-refractivity contribution is 0.955. The molecule has 0 aliphatic carbocycles. The van der Waals surface area contributed by atoms with Gasteiger partial charge in [-0.2, -0.15) is 0 Å². The van der Waals surface area contributed by atoms with Crippen molar-refractivity contribution in [3.05, 3.63) is 0 Å². The third-order valence-electron chi connectivity index (χ3n) is 0.334. The molecule has 0 aliphatic heterocycles. The van der Waals surface area contributed by atoms with Gasteiger partial charge in [0.05, 0.1) is 5.63 Å². The summed E-state index contributed by atoms with van der Waals surface area (Å²) in [6.07, 6.45) is -0.0633. The van der Waals surface area contributed by atoms with Crippen molar-refractivity contribution in [3.8, 4) is 0 Å². The molecule has 0 rings (SSSR count). The zero-order valence-electron chi connectivity index (χ0n) is 4.60. The molecule has 0 radical (unpaired) electrons. The van der Waals surface area contributed by atoms with E-state index in [1.165, 1.54) is 0 Å². The number of hydrogen-bond donors (Lipinski definition) is 0. The number of halogens is 5. The van der Waals surface area contributed by atoms with Crippen molar-refractivity contribution in [2.24, 2.45) is 0 Å². The fourth-order valence-corrected chi connectivity index (χ4v) is 1.86. The van der Waals surface area contributed by atoms with Crippen LogP contribution in [-0.2, 0) is 0 Å². The molecule has 0 N–H and O–H groups in total. The summed E-state index contributed by atoms with van der Waals surface area (Å²) in [5, 5.41) is 0. The molecular weight excluding hydrogens is 258 g/mol. The Balaban J connectivity index is 3.75. The first kappa shape index (κ1) is 7.74. The Labute approximate surface area is 78.0 Å². The molecular formula is C3H3BrCl4. The van der Waals surface area contributed by atoms with Crippen LogP contribution < -0.4 is 0 Å². The van der Waals surface area contributed by atoms with Crippen molar-refractivity contribution >= 4 is 62.3 Å². The monoisotopic (exact) mass is 259 g/mol. The van der Waals surface area contributed by atoms with Gasteiger partial charge >= 0.3 is 0 Å². The first-order chi connectivity index (χ1) is 3.71. The van der Waals surface area contributed by atoms with E-state index in [1.54, 1.807) is 0 Å². The van der Waals surface area contributed by atoms with Gasteiger partial charge in [0.1, 0.15) is 0 Å². The van der Waals surface area contributed by atoms with Crippen molar-refractivity contribution in [2.75, 3.05) is 0 Å². The standard InChI is InChI=1S/C3H3BrCl4/c4-2(5)1-3(6,7)8/h2H,1H2/i2D. The molecule has 0 aromatic heterocycles. The summed E-state index contributed by atoms with van der Waals surface area (Å²) < 4.78 is 4.17. The Bertz CT molecular complexity index is 81.0. The lowest BCUT2D eigenvalue weighted by Gasteiger charge is -2.09. The minimum Gasteiger partial charge on any atom is -0.110 e. The highest BCUT2D eigenvalue weighted by atomic mass is 79.9. The molecule has 0 heterocycles. The largest absolute Gasteiger partial charge is 0.192 e. The predicted octanol–water partition coefficient (Wildman–Crippen LogP) is 3.71. The molecule has 1 unspecified atom stereocenters. The van der Waals surface area contributed by atoms with Crippen molar-refractivity contribution in [2.45, 2.75) is 14.5 Å². The van der Waals surface area contributed by atoms with Gasteiger partial charge in [0, 0.05) is 6.42 Å². The molecule has 5 heteroatoms. The Morgan fingerprint density at radius 3 is 2.00 bits per heavy atom. The zero-order chi connectivity index (χ0) is 7.71. The van der Waals surface area contributed by atoms with Gasteiger partial charge in [-0.3, -0.25) is 0 Å². The Morgan fingerprint density at radius 1 is 1.62 bits per heavy atom. The Kier molecular flexibility index (Phi) is 3.60. The lowest BCUT2D eigenvalue weighted by atomic mass is 10.6. The summed E-state index contributed by atoms with van der Waals surface area (Å²) >= 11 is 24.1. The van der Waals surface area contributed by atoms with E-state index in [2.05, 4.69) is 15.9 Å². The van der Waals surface area contributed by atoms with Crippen molar-refractivity contribution in [1.29, 1.82) is 0 Å². The van der Waals surface area contributed by atoms with Crippen LogP contribution in [0.4, 0.5) is 0 Å². The van der Waals surface area contributed by atoms with Crippen molar-refractivity contribution < 1.29 is 1.37 Å². The summed E-state index contributed by atoms with van der Waals surface area (Å²) in [6.45, 7) is 0. The fourth-order valence-electron chi connectivity index (χ4n) is 0.152. The topological polar surface area (TPSA) is 0 Å². The normalized spacial score (nSPS) is 21.9. The van der Waals surface area contributed by atoms with E-state index >= 15 is 0 Å². The Morgan fingerprint density at radius 2 is 2.00 bits per heavy atom. The highest BCUT2D eigenvalue weighted by molar-refractivity contribution is 9.10. The van der Waals surface area contributed by atoms with E-state index in [0.717, 1.165) is 0 Å². The molecule has 0 saturated heterocycles. The van der Waals surface area contributed by atoms with Crippen LogP contribution in [0.15, 0.2) is 0 Å². The second kappa shape index (κ2) is 3.72. The average Bonchev–Trinajstić information content (AvgIpc) is 1.14. The van der Waals surface area contributed by atoms with Crippen LogP contribution in [0.3, 0.4) is 0 Å². The average molecular weight is 262 g/mol. The molecule has 0 bridgehead atoms. The van der Waals surface area contributed by atoms with Gasteiger partial charge < -0.3 is 0 Å². The van der Waals surface area contributed by atoms with Crippen LogP contribution >= 0.6 is 62.3 Å². The molecule has 0 saturated carbocycles. The molecule has 50 valence electrons. The lowest BCUT2D eigenvalue weighted by Crippen LogP contribution is -2.05. The van der Waals surface area contributed by atoms with E-state index in [0.29, 0.717) is 0 Å². The fraction of sp³-hybridized carbons (Fsp3) is 1.00. The van der Waals surface area contributed by atoms with Gasteiger partial charge in [-0.05, 0) is 0 Å². The molecule has 1 atom stereocenters.